The standard InChI is InChI=1S/C22H19N9O7.ClH/c1-37-16-6-4-14(5-7-16)25-21-26-20(23-12-17-3-2-8-38-17)27-22(28-21)29-24-11-13-9-15(30(33)34)10-18(19(13)32)31(35)36;/h2-11,32H,12H2,1H3,(H3,23,25,26,27,28,29);1H/b24-11+;. The van der Waals surface area contributed by atoms with E-state index in [4.69, 9.17) is 9.15 Å². The van der Waals surface area contributed by atoms with E-state index >= 15 is 0 Å². The molecule has 0 fully saturated rings. The van der Waals surface area contributed by atoms with Crippen molar-refractivity contribution in [3.63, 3.8) is 0 Å². The van der Waals surface area contributed by atoms with Gasteiger partial charge in [0.1, 0.15) is 11.5 Å². The maximum absolute atomic E-state index is 11.2. The molecule has 0 aliphatic heterocycles. The van der Waals surface area contributed by atoms with Crippen LogP contribution >= 0.6 is 12.4 Å². The number of nitro benzene ring substituents is 2. The van der Waals surface area contributed by atoms with Gasteiger partial charge < -0.3 is 24.9 Å². The maximum Gasteiger partial charge on any atom is 0.318 e. The lowest BCUT2D eigenvalue weighted by molar-refractivity contribution is -0.394. The number of nitrogens with zero attached hydrogens (tertiary/aromatic N) is 6. The molecule has 4 aromatic rings. The molecular formula is C22H20ClN9O7. The summed E-state index contributed by atoms with van der Waals surface area (Å²) in [5, 5.41) is 42.3. The Bertz CT molecular complexity index is 1480. The lowest BCUT2D eigenvalue weighted by Crippen LogP contribution is -2.09. The van der Waals surface area contributed by atoms with E-state index < -0.39 is 27.0 Å². The van der Waals surface area contributed by atoms with Gasteiger partial charge in [-0.2, -0.15) is 20.1 Å². The number of aromatic hydroxyl groups is 1. The zero-order chi connectivity index (χ0) is 27.1. The fourth-order valence-corrected chi connectivity index (χ4v) is 3.07. The highest BCUT2D eigenvalue weighted by atomic mass is 35.5. The zero-order valence-electron chi connectivity index (χ0n) is 20.0. The molecule has 2 heterocycles. The lowest BCUT2D eigenvalue weighted by Gasteiger charge is -2.10. The van der Waals surface area contributed by atoms with Crippen LogP contribution in [0.4, 0.5) is 34.9 Å². The third-order valence-electron chi connectivity index (χ3n) is 4.86. The van der Waals surface area contributed by atoms with Gasteiger partial charge in [0.15, 0.2) is 0 Å². The minimum atomic E-state index is -0.937. The molecule has 0 aliphatic carbocycles. The van der Waals surface area contributed by atoms with E-state index in [1.807, 2.05) is 0 Å². The van der Waals surface area contributed by atoms with Gasteiger partial charge in [-0.15, -0.1) is 12.4 Å². The lowest BCUT2D eigenvalue weighted by atomic mass is 10.1. The molecule has 0 unspecified atom stereocenters. The number of methoxy groups -OCH3 is 1. The van der Waals surface area contributed by atoms with Gasteiger partial charge in [-0.3, -0.25) is 20.2 Å². The summed E-state index contributed by atoms with van der Waals surface area (Å²) in [6.45, 7) is 0.271. The zero-order valence-corrected chi connectivity index (χ0v) is 20.8. The highest BCUT2D eigenvalue weighted by Gasteiger charge is 2.23. The van der Waals surface area contributed by atoms with E-state index in [2.05, 4.69) is 36.1 Å². The van der Waals surface area contributed by atoms with Crippen LogP contribution in [0.3, 0.4) is 0 Å². The summed E-state index contributed by atoms with van der Waals surface area (Å²) in [5.41, 5.74) is 1.49. The van der Waals surface area contributed by atoms with E-state index in [-0.39, 0.29) is 42.4 Å². The van der Waals surface area contributed by atoms with Crippen LogP contribution in [0.5, 0.6) is 11.5 Å². The Kier molecular flexibility index (Phi) is 9.10. The average molecular weight is 558 g/mol. The molecule has 39 heavy (non-hydrogen) atoms. The molecule has 0 bridgehead atoms. The largest absolute Gasteiger partial charge is 0.502 e. The van der Waals surface area contributed by atoms with Crippen molar-refractivity contribution in [1.82, 2.24) is 15.0 Å². The number of rotatable bonds is 11. The molecule has 0 saturated carbocycles. The van der Waals surface area contributed by atoms with Crippen LogP contribution in [0.1, 0.15) is 11.3 Å². The first-order chi connectivity index (χ1) is 18.3. The maximum atomic E-state index is 11.2. The number of hydrogen-bond acceptors (Lipinski definition) is 14. The Morgan fingerprint density at radius 2 is 1.77 bits per heavy atom. The molecule has 2 aromatic heterocycles. The van der Waals surface area contributed by atoms with Crippen LogP contribution in [0, 0.1) is 20.2 Å². The van der Waals surface area contributed by atoms with Crippen molar-refractivity contribution in [3.8, 4) is 11.5 Å². The van der Waals surface area contributed by atoms with Crippen LogP contribution in [0.15, 0.2) is 64.3 Å². The minimum absolute atomic E-state index is 0. The van der Waals surface area contributed by atoms with Gasteiger partial charge in [0.2, 0.25) is 23.6 Å². The average Bonchev–Trinajstić information content (AvgIpc) is 3.42. The van der Waals surface area contributed by atoms with Gasteiger partial charge in [0.25, 0.3) is 5.69 Å². The van der Waals surface area contributed by atoms with Crippen molar-refractivity contribution >= 4 is 53.5 Å². The van der Waals surface area contributed by atoms with Gasteiger partial charge in [0.05, 0.1) is 47.6 Å². The van der Waals surface area contributed by atoms with Gasteiger partial charge in [-0.1, -0.05) is 0 Å². The molecule has 17 heteroatoms. The van der Waals surface area contributed by atoms with Gasteiger partial charge in [-0.05, 0) is 36.4 Å². The summed E-state index contributed by atoms with van der Waals surface area (Å²) in [6, 6.07) is 12.1. The topological polar surface area (TPSA) is 216 Å². The first-order valence-corrected chi connectivity index (χ1v) is 10.7. The number of anilines is 4. The molecule has 0 spiro atoms. The summed E-state index contributed by atoms with van der Waals surface area (Å²) in [4.78, 5) is 33.3. The van der Waals surface area contributed by atoms with Gasteiger partial charge in [0, 0.05) is 11.8 Å². The number of nitro groups is 2. The van der Waals surface area contributed by atoms with E-state index in [1.54, 1.807) is 43.5 Å². The van der Waals surface area contributed by atoms with E-state index in [0.717, 1.165) is 12.3 Å². The van der Waals surface area contributed by atoms with Crippen molar-refractivity contribution in [2.45, 2.75) is 6.54 Å². The number of ether oxygens (including phenoxy) is 1. The summed E-state index contributed by atoms with van der Waals surface area (Å²) < 4.78 is 10.4. The summed E-state index contributed by atoms with van der Waals surface area (Å²) in [7, 11) is 1.55. The Balaban J connectivity index is 0.00000420. The van der Waals surface area contributed by atoms with Crippen molar-refractivity contribution in [3.05, 3.63) is 86.3 Å². The molecular weight excluding hydrogens is 538 g/mol. The van der Waals surface area contributed by atoms with Crippen molar-refractivity contribution in [2.24, 2.45) is 5.10 Å². The smallest absolute Gasteiger partial charge is 0.318 e. The van der Waals surface area contributed by atoms with Gasteiger partial charge >= 0.3 is 5.69 Å². The normalized spacial score (nSPS) is 10.5. The Labute approximate surface area is 225 Å². The highest BCUT2D eigenvalue weighted by molar-refractivity contribution is 5.87. The Morgan fingerprint density at radius 1 is 1.05 bits per heavy atom. The number of halogens is 1. The first kappa shape index (κ1) is 28.1. The number of phenols is 1. The van der Waals surface area contributed by atoms with E-state index in [9.17, 15) is 25.3 Å². The monoisotopic (exact) mass is 557 g/mol. The predicted molar refractivity (Wildman–Crippen MR) is 142 cm³/mol. The fourth-order valence-electron chi connectivity index (χ4n) is 3.07. The summed E-state index contributed by atoms with van der Waals surface area (Å²) in [5.74, 6) is 0.745. The Hall–Kier alpha value is -5.51. The number of furan rings is 1. The van der Waals surface area contributed by atoms with Crippen LogP contribution in [-0.4, -0.2) is 43.2 Å². The summed E-state index contributed by atoms with van der Waals surface area (Å²) in [6.07, 6.45) is 2.49. The first-order valence-electron chi connectivity index (χ1n) is 10.7. The second-order valence-electron chi connectivity index (χ2n) is 7.38. The summed E-state index contributed by atoms with van der Waals surface area (Å²) >= 11 is 0. The molecule has 16 nitrogen and oxygen atoms in total. The molecule has 2 aromatic carbocycles. The number of hydrazone groups is 1. The van der Waals surface area contributed by atoms with Crippen molar-refractivity contribution in [2.75, 3.05) is 23.2 Å². The SMILES string of the molecule is COc1ccc(Nc2nc(NCc3ccco3)nc(N/N=C/c3cc([N+](=O)[O-])cc([N+](=O)[O-])c3O)n2)cc1.Cl. The van der Waals surface area contributed by atoms with Crippen molar-refractivity contribution < 1.29 is 24.1 Å². The number of aromatic nitrogens is 3. The third-order valence-corrected chi connectivity index (χ3v) is 4.86. The molecule has 0 amide bonds. The highest BCUT2D eigenvalue weighted by Crippen LogP contribution is 2.33. The Morgan fingerprint density at radius 3 is 2.41 bits per heavy atom. The fraction of sp³-hybridized carbons (Fsp3) is 0.0909. The van der Waals surface area contributed by atoms with Crippen LogP contribution in [0.25, 0.3) is 0 Å². The van der Waals surface area contributed by atoms with E-state index in [0.29, 0.717) is 23.3 Å². The van der Waals surface area contributed by atoms with Gasteiger partial charge in [-0.25, -0.2) is 5.43 Å². The number of nitrogens with one attached hydrogen (secondary N) is 3. The molecule has 0 saturated heterocycles. The number of non-ortho nitro benzene ring substituents is 1. The number of hydrogen-bond donors (Lipinski definition) is 4. The predicted octanol–water partition coefficient (Wildman–Crippen LogP) is 4.22. The molecule has 0 radical (unpaired) electrons. The quantitative estimate of drug-likeness (QED) is 0.115. The number of benzene rings is 2. The van der Waals surface area contributed by atoms with E-state index in [1.165, 1.54) is 6.26 Å². The molecule has 202 valence electrons. The van der Waals surface area contributed by atoms with Crippen LogP contribution in [-0.2, 0) is 6.54 Å². The van der Waals surface area contributed by atoms with Crippen molar-refractivity contribution in [1.29, 1.82) is 0 Å². The third kappa shape index (κ3) is 7.26. The van der Waals surface area contributed by atoms with Crippen LogP contribution < -0.4 is 20.8 Å². The molecule has 4 N–H and O–H groups in total. The second kappa shape index (κ2) is 12.6. The molecule has 4 rings (SSSR count). The molecule has 0 atom stereocenters. The number of phenolic OH excluding ortho intramolecular Hbond substituents is 1. The molecule has 0 aliphatic rings. The minimum Gasteiger partial charge on any atom is -0.502 e. The van der Waals surface area contributed by atoms with Crippen LogP contribution in [0.2, 0.25) is 0 Å². The second-order valence-corrected chi connectivity index (χ2v) is 7.38.